The van der Waals surface area contributed by atoms with Crippen molar-refractivity contribution in [1.82, 2.24) is 4.98 Å². The molecule has 2 heterocycles. The van der Waals surface area contributed by atoms with Crippen LogP contribution >= 0.6 is 27.3 Å². The second kappa shape index (κ2) is 4.47. The van der Waals surface area contributed by atoms with Crippen molar-refractivity contribution in [2.24, 2.45) is 0 Å². The van der Waals surface area contributed by atoms with E-state index in [1.807, 2.05) is 18.2 Å². The standard InChI is InChI=1S/C13H9BrN2S/c14-12-2-1-3-13(16-12)15-10-4-5-11-9(8-10)6-7-17-11/h1-8H,(H,15,16). The Balaban J connectivity index is 1.94. The van der Waals surface area contributed by atoms with Crippen molar-refractivity contribution in [2.75, 3.05) is 5.32 Å². The summed E-state index contributed by atoms with van der Waals surface area (Å²) in [5.74, 6) is 0.842. The van der Waals surface area contributed by atoms with E-state index in [-0.39, 0.29) is 0 Å². The molecule has 0 radical (unpaired) electrons. The van der Waals surface area contributed by atoms with Crippen LogP contribution in [-0.4, -0.2) is 4.98 Å². The first-order valence-electron chi connectivity index (χ1n) is 5.18. The summed E-state index contributed by atoms with van der Waals surface area (Å²) in [4.78, 5) is 4.34. The Hall–Kier alpha value is -1.39. The highest BCUT2D eigenvalue weighted by molar-refractivity contribution is 9.10. The molecule has 0 aliphatic rings. The van der Waals surface area contributed by atoms with Gasteiger partial charge >= 0.3 is 0 Å². The molecule has 0 fully saturated rings. The van der Waals surface area contributed by atoms with E-state index in [9.17, 15) is 0 Å². The normalized spacial score (nSPS) is 10.6. The first kappa shape index (κ1) is 10.7. The Morgan fingerprint density at radius 1 is 1.12 bits per heavy atom. The van der Waals surface area contributed by atoms with E-state index in [2.05, 4.69) is 55.9 Å². The summed E-state index contributed by atoms with van der Waals surface area (Å²) in [6.45, 7) is 0. The molecule has 0 saturated heterocycles. The Morgan fingerprint density at radius 3 is 2.94 bits per heavy atom. The molecule has 0 spiro atoms. The molecule has 3 aromatic rings. The van der Waals surface area contributed by atoms with Gasteiger partial charge in [0.2, 0.25) is 0 Å². The van der Waals surface area contributed by atoms with Crippen molar-refractivity contribution >= 4 is 48.9 Å². The van der Waals surface area contributed by atoms with Crippen LogP contribution in [0.15, 0.2) is 52.4 Å². The van der Waals surface area contributed by atoms with E-state index >= 15 is 0 Å². The van der Waals surface area contributed by atoms with Crippen molar-refractivity contribution in [3.63, 3.8) is 0 Å². The molecule has 0 saturated carbocycles. The molecule has 17 heavy (non-hydrogen) atoms. The molecular formula is C13H9BrN2S. The van der Waals surface area contributed by atoms with Gasteiger partial charge in [0.25, 0.3) is 0 Å². The zero-order chi connectivity index (χ0) is 11.7. The lowest BCUT2D eigenvalue weighted by atomic mass is 10.2. The molecular weight excluding hydrogens is 296 g/mol. The van der Waals surface area contributed by atoms with Crippen LogP contribution in [0.25, 0.3) is 10.1 Å². The fraction of sp³-hybridized carbons (Fsp3) is 0. The zero-order valence-electron chi connectivity index (χ0n) is 8.85. The average molecular weight is 305 g/mol. The van der Waals surface area contributed by atoms with Gasteiger partial charge in [-0.15, -0.1) is 11.3 Å². The number of anilines is 2. The number of hydrogen-bond donors (Lipinski definition) is 1. The van der Waals surface area contributed by atoms with Gasteiger partial charge < -0.3 is 5.32 Å². The van der Waals surface area contributed by atoms with Gasteiger partial charge in [-0.2, -0.15) is 0 Å². The van der Waals surface area contributed by atoms with Crippen molar-refractivity contribution in [2.45, 2.75) is 0 Å². The van der Waals surface area contributed by atoms with Crippen LogP contribution in [0, 0.1) is 0 Å². The fourth-order valence-electron chi connectivity index (χ4n) is 1.67. The first-order chi connectivity index (χ1) is 8.31. The zero-order valence-corrected chi connectivity index (χ0v) is 11.3. The molecule has 3 rings (SSSR count). The van der Waals surface area contributed by atoms with E-state index in [1.165, 1.54) is 10.1 Å². The summed E-state index contributed by atoms with van der Waals surface area (Å²) >= 11 is 5.11. The number of pyridine rings is 1. The number of thiophene rings is 1. The van der Waals surface area contributed by atoms with Gasteiger partial charge in [0.15, 0.2) is 0 Å². The number of halogens is 1. The maximum absolute atomic E-state index is 4.34. The monoisotopic (exact) mass is 304 g/mol. The van der Waals surface area contributed by atoms with Gasteiger partial charge in [-0.1, -0.05) is 6.07 Å². The Labute approximate surface area is 111 Å². The number of fused-ring (bicyclic) bond motifs is 1. The minimum absolute atomic E-state index is 0.833. The largest absolute Gasteiger partial charge is 0.340 e. The van der Waals surface area contributed by atoms with Gasteiger partial charge in [0.1, 0.15) is 10.4 Å². The molecule has 0 bridgehead atoms. The summed E-state index contributed by atoms with van der Waals surface area (Å²) in [6.07, 6.45) is 0. The number of nitrogens with one attached hydrogen (secondary N) is 1. The quantitative estimate of drug-likeness (QED) is 0.688. The first-order valence-corrected chi connectivity index (χ1v) is 6.85. The minimum Gasteiger partial charge on any atom is -0.340 e. The number of benzene rings is 1. The minimum atomic E-state index is 0.833. The number of aromatic nitrogens is 1. The summed E-state index contributed by atoms with van der Waals surface area (Å²) in [6, 6.07) is 14.3. The molecule has 1 aromatic carbocycles. The Kier molecular flexibility index (Phi) is 2.82. The average Bonchev–Trinajstić information content (AvgIpc) is 2.76. The van der Waals surface area contributed by atoms with Crippen molar-refractivity contribution in [3.05, 3.63) is 52.4 Å². The molecule has 0 aliphatic heterocycles. The van der Waals surface area contributed by atoms with E-state index in [1.54, 1.807) is 11.3 Å². The van der Waals surface area contributed by atoms with Crippen LogP contribution in [0.2, 0.25) is 0 Å². The van der Waals surface area contributed by atoms with E-state index in [4.69, 9.17) is 0 Å². The van der Waals surface area contributed by atoms with E-state index < -0.39 is 0 Å². The highest BCUT2D eigenvalue weighted by Gasteiger charge is 1.99. The van der Waals surface area contributed by atoms with Crippen molar-refractivity contribution in [1.29, 1.82) is 0 Å². The summed E-state index contributed by atoms with van der Waals surface area (Å²) in [7, 11) is 0. The van der Waals surface area contributed by atoms with Crippen LogP contribution in [0.4, 0.5) is 11.5 Å². The number of nitrogens with zero attached hydrogens (tertiary/aromatic N) is 1. The maximum atomic E-state index is 4.34. The van der Waals surface area contributed by atoms with Crippen LogP contribution < -0.4 is 5.32 Å². The molecule has 84 valence electrons. The molecule has 2 aromatic heterocycles. The van der Waals surface area contributed by atoms with Crippen LogP contribution in [-0.2, 0) is 0 Å². The van der Waals surface area contributed by atoms with Crippen molar-refractivity contribution in [3.8, 4) is 0 Å². The molecule has 0 amide bonds. The Morgan fingerprint density at radius 2 is 2.06 bits per heavy atom. The molecule has 0 unspecified atom stereocenters. The molecule has 1 N–H and O–H groups in total. The summed E-state index contributed by atoms with van der Waals surface area (Å²) in [5, 5.41) is 6.65. The third kappa shape index (κ3) is 2.33. The Bertz CT molecular complexity index is 663. The van der Waals surface area contributed by atoms with Crippen LogP contribution in [0.5, 0.6) is 0 Å². The van der Waals surface area contributed by atoms with Gasteiger partial charge in [0, 0.05) is 10.4 Å². The second-order valence-electron chi connectivity index (χ2n) is 3.64. The second-order valence-corrected chi connectivity index (χ2v) is 5.40. The predicted molar refractivity (Wildman–Crippen MR) is 77.0 cm³/mol. The van der Waals surface area contributed by atoms with Crippen LogP contribution in [0.1, 0.15) is 0 Å². The van der Waals surface area contributed by atoms with Crippen LogP contribution in [0.3, 0.4) is 0 Å². The summed E-state index contributed by atoms with van der Waals surface area (Å²) < 4.78 is 2.14. The third-order valence-corrected chi connectivity index (χ3v) is 3.78. The SMILES string of the molecule is Brc1cccc(Nc2ccc3sccc3c2)n1. The highest BCUT2D eigenvalue weighted by atomic mass is 79.9. The van der Waals surface area contributed by atoms with Gasteiger partial charge in [-0.25, -0.2) is 4.98 Å². The van der Waals surface area contributed by atoms with Gasteiger partial charge in [-0.05, 0) is 63.1 Å². The fourth-order valence-corrected chi connectivity index (χ4v) is 2.78. The number of hydrogen-bond acceptors (Lipinski definition) is 3. The lowest BCUT2D eigenvalue weighted by Crippen LogP contribution is -1.92. The maximum Gasteiger partial charge on any atom is 0.131 e. The third-order valence-electron chi connectivity index (χ3n) is 2.44. The lowest BCUT2D eigenvalue weighted by molar-refractivity contribution is 1.27. The van der Waals surface area contributed by atoms with E-state index in [0.717, 1.165) is 16.1 Å². The van der Waals surface area contributed by atoms with E-state index in [0.29, 0.717) is 0 Å². The topological polar surface area (TPSA) is 24.9 Å². The molecule has 4 heteroatoms. The van der Waals surface area contributed by atoms with Gasteiger partial charge in [-0.3, -0.25) is 0 Å². The molecule has 0 atom stereocenters. The molecule has 0 aliphatic carbocycles. The lowest BCUT2D eigenvalue weighted by Gasteiger charge is -2.05. The number of rotatable bonds is 2. The smallest absolute Gasteiger partial charge is 0.131 e. The highest BCUT2D eigenvalue weighted by Crippen LogP contribution is 2.25. The molecule has 2 nitrogen and oxygen atoms in total. The predicted octanol–water partition coefficient (Wildman–Crippen LogP) is 4.80. The van der Waals surface area contributed by atoms with Crippen molar-refractivity contribution < 1.29 is 0 Å². The summed E-state index contributed by atoms with van der Waals surface area (Å²) in [5.41, 5.74) is 1.06. The van der Waals surface area contributed by atoms with Gasteiger partial charge in [0.05, 0.1) is 0 Å².